The predicted molar refractivity (Wildman–Crippen MR) is 132 cm³/mol. The Bertz CT molecular complexity index is 1310. The smallest absolute Gasteiger partial charge is 0.335 e. The topological polar surface area (TPSA) is 105 Å². The normalized spacial score (nSPS) is 9.91. The van der Waals surface area contributed by atoms with Crippen molar-refractivity contribution in [2.24, 2.45) is 0 Å². The fraction of sp³-hybridized carbons (Fsp3) is 0.0345. The van der Waals surface area contributed by atoms with Gasteiger partial charge in [0.15, 0.2) is 0 Å². The molecule has 0 unspecified atom stereocenters. The Morgan fingerprint density at radius 3 is 1.50 bits per heavy atom. The Morgan fingerprint density at radius 2 is 1.06 bits per heavy atom. The molecule has 5 nitrogen and oxygen atoms in total. The third-order valence-electron chi connectivity index (χ3n) is 5.11. The number of hydrogen-bond acceptors (Lipinski definition) is 3. The number of benzene rings is 5. The van der Waals surface area contributed by atoms with E-state index < -0.39 is 11.9 Å². The SMILES string of the molecule is O=C(O)c1ccc2ccccc2c1.O=C([O-])c1ccc2ccccc2c1.[NH3+]Cc1ccccc1. The summed E-state index contributed by atoms with van der Waals surface area (Å²) in [7, 11) is 0. The fourth-order valence-corrected chi connectivity index (χ4v) is 3.28. The van der Waals surface area contributed by atoms with Gasteiger partial charge in [-0.25, -0.2) is 4.79 Å². The highest BCUT2D eigenvalue weighted by Crippen LogP contribution is 2.16. The van der Waals surface area contributed by atoms with Crippen molar-refractivity contribution in [2.45, 2.75) is 6.54 Å². The molecule has 4 N–H and O–H groups in total. The number of carbonyl (C=O) groups is 2. The van der Waals surface area contributed by atoms with Gasteiger partial charge in [0, 0.05) is 5.56 Å². The van der Waals surface area contributed by atoms with Crippen molar-refractivity contribution in [3.05, 3.63) is 132 Å². The van der Waals surface area contributed by atoms with E-state index in [2.05, 4.69) is 17.9 Å². The second kappa shape index (κ2) is 11.9. The first-order chi connectivity index (χ1) is 16.5. The van der Waals surface area contributed by atoms with Gasteiger partial charge < -0.3 is 20.7 Å². The second-order valence-electron chi connectivity index (χ2n) is 7.45. The van der Waals surface area contributed by atoms with Crippen LogP contribution in [0.3, 0.4) is 0 Å². The molecule has 0 amide bonds. The van der Waals surface area contributed by atoms with Gasteiger partial charge in [0.25, 0.3) is 0 Å². The molecule has 170 valence electrons. The summed E-state index contributed by atoms with van der Waals surface area (Å²) in [4.78, 5) is 21.2. The molecule has 0 saturated carbocycles. The van der Waals surface area contributed by atoms with Crippen LogP contribution in [0.25, 0.3) is 21.5 Å². The van der Waals surface area contributed by atoms with Crippen molar-refractivity contribution in [3.63, 3.8) is 0 Å². The highest BCUT2D eigenvalue weighted by Gasteiger charge is 2.02. The average molecular weight is 452 g/mol. The lowest BCUT2D eigenvalue weighted by Gasteiger charge is -2.03. The van der Waals surface area contributed by atoms with Crippen LogP contribution in [0.5, 0.6) is 0 Å². The van der Waals surface area contributed by atoms with E-state index in [-0.39, 0.29) is 5.56 Å². The van der Waals surface area contributed by atoms with Gasteiger partial charge in [0.1, 0.15) is 0 Å². The number of rotatable bonds is 3. The first-order valence-corrected chi connectivity index (χ1v) is 10.7. The van der Waals surface area contributed by atoms with E-state index in [0.717, 1.165) is 28.1 Å². The number of hydrogen-bond donors (Lipinski definition) is 2. The standard InChI is InChI=1S/2C11H8O2.C7H9N/c2*12-11(13)10-6-5-8-3-1-2-4-9(8)7-10;8-6-7-4-2-1-3-5-7/h2*1-7H,(H,12,13);1-5H,6,8H2. The van der Waals surface area contributed by atoms with Gasteiger partial charge in [-0.1, -0.05) is 97.1 Å². The van der Waals surface area contributed by atoms with Gasteiger partial charge in [0.2, 0.25) is 0 Å². The van der Waals surface area contributed by atoms with Crippen molar-refractivity contribution in [1.29, 1.82) is 0 Å². The maximum absolute atomic E-state index is 10.6. The molecular formula is C29H25NO4. The molecule has 0 bridgehead atoms. The van der Waals surface area contributed by atoms with Crippen molar-refractivity contribution < 1.29 is 25.5 Å². The van der Waals surface area contributed by atoms with E-state index in [0.29, 0.717) is 5.56 Å². The van der Waals surface area contributed by atoms with E-state index in [1.54, 1.807) is 30.3 Å². The van der Waals surface area contributed by atoms with E-state index in [9.17, 15) is 14.7 Å². The van der Waals surface area contributed by atoms with E-state index >= 15 is 0 Å². The minimum absolute atomic E-state index is 0.221. The monoisotopic (exact) mass is 451 g/mol. The largest absolute Gasteiger partial charge is 0.545 e. The van der Waals surface area contributed by atoms with Gasteiger partial charge in [-0.3, -0.25) is 0 Å². The molecule has 0 aromatic heterocycles. The van der Waals surface area contributed by atoms with Gasteiger partial charge in [-0.05, 0) is 45.3 Å². The zero-order valence-electron chi connectivity index (χ0n) is 18.6. The maximum Gasteiger partial charge on any atom is 0.335 e. The van der Waals surface area contributed by atoms with Crippen LogP contribution in [0.4, 0.5) is 0 Å². The quantitative estimate of drug-likeness (QED) is 0.429. The summed E-state index contributed by atoms with van der Waals surface area (Å²) in [6, 6.07) is 35.6. The minimum atomic E-state index is -1.13. The molecule has 0 radical (unpaired) electrons. The lowest BCUT2D eigenvalue weighted by molar-refractivity contribution is -0.386. The lowest BCUT2D eigenvalue weighted by Crippen LogP contribution is -2.47. The molecule has 0 aliphatic rings. The molecule has 0 saturated heterocycles. The summed E-state index contributed by atoms with van der Waals surface area (Å²) in [5.74, 6) is -2.02. The Balaban J connectivity index is 0.000000148. The number of carbonyl (C=O) groups excluding carboxylic acids is 1. The molecule has 0 heterocycles. The molecule has 5 aromatic rings. The molecule has 0 aliphatic heterocycles. The number of fused-ring (bicyclic) bond motifs is 2. The molecular weight excluding hydrogens is 426 g/mol. The Hall–Kier alpha value is -4.48. The van der Waals surface area contributed by atoms with Crippen LogP contribution >= 0.6 is 0 Å². The molecule has 0 fully saturated rings. The number of quaternary nitrogens is 1. The highest BCUT2D eigenvalue weighted by atomic mass is 16.4. The van der Waals surface area contributed by atoms with Crippen LogP contribution in [0.1, 0.15) is 26.3 Å². The summed E-state index contributed by atoms with van der Waals surface area (Å²) in [6.07, 6.45) is 0. The first kappa shape index (κ1) is 24.2. The fourth-order valence-electron chi connectivity index (χ4n) is 3.28. The molecule has 0 atom stereocenters. The summed E-state index contributed by atoms with van der Waals surface area (Å²) in [5.41, 5.74) is 5.61. The van der Waals surface area contributed by atoms with Crippen molar-refractivity contribution in [1.82, 2.24) is 0 Å². The Labute approximate surface area is 197 Å². The number of aromatic carboxylic acids is 2. The Kier molecular flexibility index (Phi) is 8.49. The molecule has 0 spiro atoms. The van der Waals surface area contributed by atoms with Crippen molar-refractivity contribution >= 4 is 33.5 Å². The van der Waals surface area contributed by atoms with Crippen LogP contribution in [-0.2, 0) is 6.54 Å². The molecule has 5 aromatic carbocycles. The molecule has 5 heteroatoms. The molecule has 5 rings (SSSR count). The minimum Gasteiger partial charge on any atom is -0.545 e. The van der Waals surface area contributed by atoms with Crippen LogP contribution < -0.4 is 10.8 Å². The summed E-state index contributed by atoms with van der Waals surface area (Å²) < 4.78 is 0. The second-order valence-corrected chi connectivity index (χ2v) is 7.45. The van der Waals surface area contributed by atoms with Crippen LogP contribution in [0, 0.1) is 0 Å². The summed E-state index contributed by atoms with van der Waals surface area (Å²) in [6.45, 7) is 0.890. The molecule has 34 heavy (non-hydrogen) atoms. The highest BCUT2D eigenvalue weighted by molar-refractivity contribution is 5.94. The van der Waals surface area contributed by atoms with Gasteiger partial charge in [-0.2, -0.15) is 0 Å². The van der Waals surface area contributed by atoms with Gasteiger partial charge in [-0.15, -0.1) is 0 Å². The van der Waals surface area contributed by atoms with Gasteiger partial charge >= 0.3 is 5.97 Å². The van der Waals surface area contributed by atoms with Crippen LogP contribution in [-0.4, -0.2) is 17.0 Å². The summed E-state index contributed by atoms with van der Waals surface area (Å²) in [5, 5.41) is 23.3. The number of carboxylic acids is 2. The number of carboxylic acid groups (broad SMARTS) is 2. The lowest BCUT2D eigenvalue weighted by atomic mass is 10.1. The van der Waals surface area contributed by atoms with Crippen LogP contribution in [0.15, 0.2) is 115 Å². The van der Waals surface area contributed by atoms with Crippen molar-refractivity contribution in [3.8, 4) is 0 Å². The first-order valence-electron chi connectivity index (χ1n) is 10.7. The van der Waals surface area contributed by atoms with E-state index in [4.69, 9.17) is 5.11 Å². The van der Waals surface area contributed by atoms with Gasteiger partial charge in [0.05, 0.1) is 18.1 Å². The summed E-state index contributed by atoms with van der Waals surface area (Å²) >= 11 is 0. The third kappa shape index (κ3) is 6.76. The van der Waals surface area contributed by atoms with E-state index in [1.165, 1.54) is 5.56 Å². The van der Waals surface area contributed by atoms with Crippen LogP contribution in [0.2, 0.25) is 0 Å². The van der Waals surface area contributed by atoms with Crippen molar-refractivity contribution in [2.75, 3.05) is 0 Å². The third-order valence-corrected chi connectivity index (χ3v) is 5.11. The molecule has 0 aliphatic carbocycles. The predicted octanol–water partition coefficient (Wildman–Crippen LogP) is 4.17. The maximum atomic E-state index is 10.6. The Morgan fingerprint density at radius 1 is 0.618 bits per heavy atom. The van der Waals surface area contributed by atoms with E-state index in [1.807, 2.05) is 72.8 Å². The zero-order chi connectivity index (χ0) is 24.3. The zero-order valence-corrected chi connectivity index (χ0v) is 18.6. The average Bonchev–Trinajstić information content (AvgIpc) is 2.89.